The van der Waals surface area contributed by atoms with Gasteiger partial charge in [0.2, 0.25) is 11.8 Å². The van der Waals surface area contributed by atoms with Crippen LogP contribution in [0, 0.1) is 27.7 Å². The highest BCUT2D eigenvalue weighted by Gasteiger charge is 2.38. The molecule has 0 heterocycles. The van der Waals surface area contributed by atoms with E-state index in [0.717, 1.165) is 22.3 Å². The van der Waals surface area contributed by atoms with Gasteiger partial charge in [-0.3, -0.25) is 14.4 Å². The molecule has 9 heteroatoms. The number of benzene rings is 2. The van der Waals surface area contributed by atoms with Crippen LogP contribution in [-0.4, -0.2) is 46.4 Å². The minimum Gasteiger partial charge on any atom is -0.444 e. The number of carbonyl (C=O) groups excluding carboxylic acids is 4. The van der Waals surface area contributed by atoms with Gasteiger partial charge < -0.3 is 26.0 Å². The van der Waals surface area contributed by atoms with Crippen LogP contribution in [0.5, 0.6) is 0 Å². The Hall–Kier alpha value is -3.88. The Labute approximate surface area is 237 Å². The van der Waals surface area contributed by atoms with Gasteiger partial charge in [-0.25, -0.2) is 4.79 Å². The van der Waals surface area contributed by atoms with Crippen molar-refractivity contribution in [1.82, 2.24) is 10.2 Å². The number of alkyl carbamates (subject to hydrolysis) is 1. The number of hydrogen-bond donors (Lipinski definition) is 3. The molecule has 0 radical (unpaired) electrons. The number of primary amides is 1. The molecule has 218 valence electrons. The minimum atomic E-state index is -1.15. The summed E-state index contributed by atoms with van der Waals surface area (Å²) in [5, 5.41) is 5.67. The predicted octanol–water partition coefficient (Wildman–Crippen LogP) is 5.00. The van der Waals surface area contributed by atoms with Crippen molar-refractivity contribution in [2.75, 3.05) is 5.32 Å². The summed E-state index contributed by atoms with van der Waals surface area (Å²) in [7, 11) is 0. The Morgan fingerprint density at radius 1 is 0.950 bits per heavy atom. The lowest BCUT2D eigenvalue weighted by Gasteiger charge is -2.38. The molecule has 2 aromatic carbocycles. The second kappa shape index (κ2) is 13.5. The number of para-hydroxylation sites is 1. The second-order valence-electron chi connectivity index (χ2n) is 11.6. The molecule has 0 saturated carbocycles. The molecule has 4 amide bonds. The highest BCUT2D eigenvalue weighted by Crippen LogP contribution is 2.31. The smallest absolute Gasteiger partial charge is 0.408 e. The fourth-order valence-electron chi connectivity index (χ4n) is 4.53. The summed E-state index contributed by atoms with van der Waals surface area (Å²) in [6, 6.07) is 8.87. The molecular weight excluding hydrogens is 508 g/mol. The van der Waals surface area contributed by atoms with Crippen LogP contribution in [0.15, 0.2) is 36.4 Å². The zero-order valence-electron chi connectivity index (χ0n) is 25.2. The van der Waals surface area contributed by atoms with Gasteiger partial charge in [0.1, 0.15) is 17.7 Å². The van der Waals surface area contributed by atoms with Crippen LogP contribution in [0.25, 0.3) is 0 Å². The molecule has 0 saturated heterocycles. The van der Waals surface area contributed by atoms with Crippen LogP contribution in [-0.2, 0) is 19.1 Å². The van der Waals surface area contributed by atoms with Gasteiger partial charge >= 0.3 is 6.09 Å². The third-order valence-corrected chi connectivity index (χ3v) is 6.46. The first kappa shape index (κ1) is 32.3. The molecule has 2 rings (SSSR count). The van der Waals surface area contributed by atoms with Gasteiger partial charge in [0.05, 0.1) is 0 Å². The van der Waals surface area contributed by atoms with E-state index in [1.165, 1.54) is 4.90 Å². The first-order valence-electron chi connectivity index (χ1n) is 13.6. The quantitative estimate of drug-likeness (QED) is 0.382. The first-order chi connectivity index (χ1) is 18.5. The van der Waals surface area contributed by atoms with Crippen LogP contribution in [0.2, 0.25) is 0 Å². The maximum absolute atomic E-state index is 14.2. The Morgan fingerprint density at radius 3 is 2.08 bits per heavy atom. The summed E-state index contributed by atoms with van der Waals surface area (Å²) in [6.45, 7) is 16.4. The van der Waals surface area contributed by atoms with Gasteiger partial charge in [0.15, 0.2) is 0 Å². The summed E-state index contributed by atoms with van der Waals surface area (Å²) in [5.74, 6) is -1.53. The lowest BCUT2D eigenvalue weighted by molar-refractivity contribution is -0.143. The molecule has 2 unspecified atom stereocenters. The number of nitrogens with two attached hydrogens (primary N) is 1. The third-order valence-electron chi connectivity index (χ3n) is 6.46. The van der Waals surface area contributed by atoms with Gasteiger partial charge in [0, 0.05) is 18.2 Å². The van der Waals surface area contributed by atoms with E-state index in [9.17, 15) is 19.2 Å². The van der Waals surface area contributed by atoms with Gasteiger partial charge in [-0.15, -0.1) is 0 Å². The van der Waals surface area contributed by atoms with Crippen LogP contribution in [0.3, 0.4) is 0 Å². The molecule has 40 heavy (non-hydrogen) atoms. The lowest BCUT2D eigenvalue weighted by Crippen LogP contribution is -2.54. The number of ether oxygens (including phenoxy) is 1. The van der Waals surface area contributed by atoms with Gasteiger partial charge in [-0.05, 0) is 91.0 Å². The van der Waals surface area contributed by atoms with E-state index in [4.69, 9.17) is 10.5 Å². The van der Waals surface area contributed by atoms with Crippen molar-refractivity contribution in [3.8, 4) is 0 Å². The Morgan fingerprint density at radius 2 is 1.55 bits per heavy atom. The molecule has 4 N–H and O–H groups in total. The average molecular weight is 553 g/mol. The van der Waals surface area contributed by atoms with Gasteiger partial charge in [-0.1, -0.05) is 42.0 Å². The monoisotopic (exact) mass is 552 g/mol. The number of aryl methyl sites for hydroxylation is 4. The van der Waals surface area contributed by atoms with E-state index in [2.05, 4.69) is 10.6 Å². The molecule has 0 fully saturated rings. The SMILES string of the molecule is Cc1ccc(C)c(C(C(=O)Nc2c(C)cccc2C)N(C(=O)C(CCC(N)=O)NC(=O)OC(C)(C)C)C(C)C)c1. The van der Waals surface area contributed by atoms with Crippen molar-refractivity contribution < 1.29 is 23.9 Å². The standard InChI is InChI=1S/C31H44N4O5/c1-18(2)35(29(38)24(15-16-25(32)36)33-30(39)40-31(7,8)9)27(23-17-19(3)13-14-20(23)4)28(37)34-26-21(5)11-10-12-22(26)6/h10-14,17-18,24,27H,15-16H2,1-9H3,(H2,32,36)(H,33,39)(H,34,37). The zero-order valence-corrected chi connectivity index (χ0v) is 25.2. The number of nitrogens with one attached hydrogen (secondary N) is 2. The normalized spacial score (nSPS) is 12.8. The Kier molecular flexibility index (Phi) is 10.9. The van der Waals surface area contributed by atoms with Crippen LogP contribution >= 0.6 is 0 Å². The van der Waals surface area contributed by atoms with Crippen molar-refractivity contribution >= 4 is 29.5 Å². The van der Waals surface area contributed by atoms with Crippen LogP contribution in [0.4, 0.5) is 10.5 Å². The zero-order chi connectivity index (χ0) is 30.4. The summed E-state index contributed by atoms with van der Waals surface area (Å²) < 4.78 is 5.38. The number of rotatable bonds is 10. The fraction of sp³-hybridized carbons (Fsp3) is 0.484. The van der Waals surface area contributed by atoms with E-state index in [1.54, 1.807) is 34.6 Å². The maximum Gasteiger partial charge on any atom is 0.408 e. The second-order valence-corrected chi connectivity index (χ2v) is 11.6. The van der Waals surface area contributed by atoms with Crippen LogP contribution in [0.1, 0.15) is 81.3 Å². The molecule has 9 nitrogen and oxygen atoms in total. The fourth-order valence-corrected chi connectivity index (χ4v) is 4.53. The minimum absolute atomic E-state index is 0.0470. The average Bonchev–Trinajstić information content (AvgIpc) is 2.82. The van der Waals surface area contributed by atoms with Crippen molar-refractivity contribution in [3.63, 3.8) is 0 Å². The van der Waals surface area contributed by atoms with E-state index < -0.39 is 41.6 Å². The molecule has 0 aliphatic rings. The predicted molar refractivity (Wildman–Crippen MR) is 157 cm³/mol. The third kappa shape index (κ3) is 8.83. The number of anilines is 1. The van der Waals surface area contributed by atoms with Crippen molar-refractivity contribution in [2.24, 2.45) is 5.73 Å². The maximum atomic E-state index is 14.2. The first-order valence-corrected chi connectivity index (χ1v) is 13.6. The largest absolute Gasteiger partial charge is 0.444 e. The Balaban J connectivity index is 2.63. The van der Waals surface area contributed by atoms with Gasteiger partial charge in [0.25, 0.3) is 5.91 Å². The molecule has 2 aromatic rings. The van der Waals surface area contributed by atoms with Crippen molar-refractivity contribution in [1.29, 1.82) is 0 Å². The Bertz CT molecular complexity index is 1230. The molecule has 0 bridgehead atoms. The summed E-state index contributed by atoms with van der Waals surface area (Å²) >= 11 is 0. The molecule has 2 atom stereocenters. The number of carbonyl (C=O) groups is 4. The molecule has 0 aliphatic heterocycles. The van der Waals surface area contributed by atoms with E-state index >= 15 is 0 Å². The van der Waals surface area contributed by atoms with Gasteiger partial charge in [-0.2, -0.15) is 0 Å². The van der Waals surface area contributed by atoms with E-state index in [0.29, 0.717) is 11.3 Å². The topological polar surface area (TPSA) is 131 Å². The highest BCUT2D eigenvalue weighted by molar-refractivity contribution is 6.00. The summed E-state index contributed by atoms with van der Waals surface area (Å²) in [5.41, 5.74) is 9.47. The number of nitrogens with zero attached hydrogens (tertiary/aromatic N) is 1. The van der Waals surface area contributed by atoms with E-state index in [1.807, 2.05) is 64.1 Å². The van der Waals surface area contributed by atoms with Crippen molar-refractivity contribution in [2.45, 2.75) is 98.9 Å². The summed E-state index contributed by atoms with van der Waals surface area (Å²) in [6.07, 6.45) is -0.988. The molecule has 0 aliphatic carbocycles. The summed E-state index contributed by atoms with van der Waals surface area (Å²) in [4.78, 5) is 54.2. The lowest BCUT2D eigenvalue weighted by atomic mass is 9.94. The van der Waals surface area contributed by atoms with E-state index in [-0.39, 0.29) is 18.7 Å². The number of hydrogen-bond acceptors (Lipinski definition) is 5. The van der Waals surface area contributed by atoms with Crippen LogP contribution < -0.4 is 16.4 Å². The molecule has 0 aromatic heterocycles. The highest BCUT2D eigenvalue weighted by atomic mass is 16.6. The molecular formula is C31H44N4O5. The number of amides is 4. The van der Waals surface area contributed by atoms with Crippen molar-refractivity contribution in [3.05, 3.63) is 64.2 Å². The molecule has 0 spiro atoms.